The predicted octanol–water partition coefficient (Wildman–Crippen LogP) is 3.46. The molecular formula is C15H13BrF2N2O. The third-order valence-electron chi connectivity index (χ3n) is 2.77. The second-order valence-electron chi connectivity index (χ2n) is 4.38. The van der Waals surface area contributed by atoms with Gasteiger partial charge in [0.2, 0.25) is 5.91 Å². The van der Waals surface area contributed by atoms with E-state index in [-0.39, 0.29) is 24.0 Å². The Morgan fingerprint density at radius 3 is 2.48 bits per heavy atom. The van der Waals surface area contributed by atoms with Crippen molar-refractivity contribution in [2.45, 2.75) is 6.54 Å². The first-order valence-electron chi connectivity index (χ1n) is 6.24. The monoisotopic (exact) mass is 354 g/mol. The van der Waals surface area contributed by atoms with Gasteiger partial charge in [-0.15, -0.1) is 0 Å². The molecule has 21 heavy (non-hydrogen) atoms. The molecule has 0 aliphatic carbocycles. The van der Waals surface area contributed by atoms with E-state index in [0.29, 0.717) is 11.0 Å². The van der Waals surface area contributed by atoms with Crippen LogP contribution in [0.25, 0.3) is 0 Å². The molecule has 0 unspecified atom stereocenters. The third kappa shape index (κ3) is 4.82. The lowest BCUT2D eigenvalue weighted by molar-refractivity contribution is -0.119. The van der Waals surface area contributed by atoms with Crippen molar-refractivity contribution in [3.8, 4) is 0 Å². The van der Waals surface area contributed by atoms with E-state index in [9.17, 15) is 13.6 Å². The number of nitrogens with one attached hydrogen (secondary N) is 2. The minimum atomic E-state index is -0.435. The number of hydrogen-bond donors (Lipinski definition) is 2. The molecule has 0 atom stereocenters. The summed E-state index contributed by atoms with van der Waals surface area (Å²) in [5.74, 6) is -1.03. The van der Waals surface area contributed by atoms with Gasteiger partial charge >= 0.3 is 0 Å². The van der Waals surface area contributed by atoms with E-state index in [2.05, 4.69) is 26.6 Å². The maximum absolute atomic E-state index is 13.5. The standard InChI is InChI=1S/C15H13BrF2N2O/c16-11-3-6-14(13(18)7-11)19-9-15(21)20-8-10-1-4-12(17)5-2-10/h1-7,19H,8-9H2,(H,20,21). The van der Waals surface area contributed by atoms with E-state index >= 15 is 0 Å². The molecule has 0 bridgehead atoms. The maximum atomic E-state index is 13.5. The van der Waals surface area contributed by atoms with Crippen LogP contribution in [0.3, 0.4) is 0 Å². The van der Waals surface area contributed by atoms with Gasteiger partial charge in [0.05, 0.1) is 12.2 Å². The van der Waals surface area contributed by atoms with Crippen molar-refractivity contribution in [2.24, 2.45) is 0 Å². The molecule has 0 radical (unpaired) electrons. The van der Waals surface area contributed by atoms with E-state index < -0.39 is 5.82 Å². The van der Waals surface area contributed by atoms with Crippen LogP contribution in [0.2, 0.25) is 0 Å². The molecule has 2 aromatic carbocycles. The molecular weight excluding hydrogens is 342 g/mol. The van der Waals surface area contributed by atoms with Gasteiger partial charge in [-0.25, -0.2) is 8.78 Å². The van der Waals surface area contributed by atoms with Crippen LogP contribution in [0.1, 0.15) is 5.56 Å². The van der Waals surface area contributed by atoms with E-state index in [1.165, 1.54) is 18.2 Å². The first-order valence-corrected chi connectivity index (χ1v) is 7.04. The normalized spacial score (nSPS) is 10.2. The van der Waals surface area contributed by atoms with Gasteiger partial charge in [-0.1, -0.05) is 28.1 Å². The lowest BCUT2D eigenvalue weighted by Crippen LogP contribution is -2.29. The van der Waals surface area contributed by atoms with Crippen LogP contribution in [0.5, 0.6) is 0 Å². The highest BCUT2D eigenvalue weighted by atomic mass is 79.9. The summed E-state index contributed by atoms with van der Waals surface area (Å²) in [5.41, 5.74) is 1.05. The number of carbonyl (C=O) groups excluding carboxylic acids is 1. The fourth-order valence-corrected chi connectivity index (χ4v) is 2.01. The molecule has 1 amide bonds. The van der Waals surface area contributed by atoms with Gasteiger partial charge < -0.3 is 10.6 Å². The van der Waals surface area contributed by atoms with Crippen LogP contribution in [-0.2, 0) is 11.3 Å². The van der Waals surface area contributed by atoms with Crippen LogP contribution in [-0.4, -0.2) is 12.5 Å². The van der Waals surface area contributed by atoms with Gasteiger partial charge in [0.1, 0.15) is 11.6 Å². The highest BCUT2D eigenvalue weighted by Crippen LogP contribution is 2.18. The first kappa shape index (κ1) is 15.4. The lowest BCUT2D eigenvalue weighted by Gasteiger charge is -2.09. The zero-order valence-corrected chi connectivity index (χ0v) is 12.6. The Kier molecular flexibility index (Phi) is 5.27. The van der Waals surface area contributed by atoms with E-state index in [4.69, 9.17) is 0 Å². The third-order valence-corrected chi connectivity index (χ3v) is 3.27. The zero-order chi connectivity index (χ0) is 15.2. The van der Waals surface area contributed by atoms with E-state index in [1.54, 1.807) is 24.3 Å². The van der Waals surface area contributed by atoms with Crippen molar-refractivity contribution in [1.29, 1.82) is 0 Å². The molecule has 0 spiro atoms. The fourth-order valence-electron chi connectivity index (χ4n) is 1.67. The number of anilines is 1. The number of amides is 1. The van der Waals surface area contributed by atoms with Gasteiger partial charge in [-0.2, -0.15) is 0 Å². The van der Waals surface area contributed by atoms with Gasteiger partial charge in [0.25, 0.3) is 0 Å². The molecule has 2 N–H and O–H groups in total. The zero-order valence-electron chi connectivity index (χ0n) is 11.0. The first-order chi connectivity index (χ1) is 10.0. The second-order valence-corrected chi connectivity index (χ2v) is 5.30. The molecule has 6 heteroatoms. The second kappa shape index (κ2) is 7.17. The van der Waals surface area contributed by atoms with Crippen LogP contribution >= 0.6 is 15.9 Å². The van der Waals surface area contributed by atoms with Crippen LogP contribution in [0.4, 0.5) is 14.5 Å². The maximum Gasteiger partial charge on any atom is 0.239 e. The summed E-state index contributed by atoms with van der Waals surface area (Å²) in [4.78, 5) is 11.7. The van der Waals surface area contributed by atoms with Crippen LogP contribution < -0.4 is 10.6 Å². The highest BCUT2D eigenvalue weighted by Gasteiger charge is 2.05. The number of benzene rings is 2. The molecule has 0 aliphatic rings. The van der Waals surface area contributed by atoms with Gasteiger partial charge in [0, 0.05) is 11.0 Å². The summed E-state index contributed by atoms with van der Waals surface area (Å²) in [6, 6.07) is 10.4. The Balaban J connectivity index is 1.80. The van der Waals surface area contributed by atoms with Gasteiger partial charge in [-0.3, -0.25) is 4.79 Å². The van der Waals surface area contributed by atoms with Crippen molar-refractivity contribution >= 4 is 27.5 Å². The van der Waals surface area contributed by atoms with Crippen molar-refractivity contribution in [3.63, 3.8) is 0 Å². The predicted molar refractivity (Wildman–Crippen MR) is 80.8 cm³/mol. The highest BCUT2D eigenvalue weighted by molar-refractivity contribution is 9.10. The topological polar surface area (TPSA) is 41.1 Å². The Morgan fingerprint density at radius 1 is 1.10 bits per heavy atom. The largest absolute Gasteiger partial charge is 0.374 e. The molecule has 110 valence electrons. The van der Waals surface area contributed by atoms with E-state index in [0.717, 1.165) is 5.56 Å². The Labute approximate surface area is 129 Å². The Morgan fingerprint density at radius 2 is 1.81 bits per heavy atom. The number of halogens is 3. The Hall–Kier alpha value is -1.95. The summed E-state index contributed by atoms with van der Waals surface area (Å²) in [5, 5.41) is 5.38. The molecule has 0 fully saturated rings. The summed E-state index contributed by atoms with van der Waals surface area (Å²) in [6.45, 7) is 0.253. The van der Waals surface area contributed by atoms with Crippen LogP contribution in [0, 0.1) is 11.6 Å². The summed E-state index contributed by atoms with van der Waals surface area (Å²) in [6.07, 6.45) is 0. The molecule has 0 heterocycles. The smallest absolute Gasteiger partial charge is 0.239 e. The summed E-state index contributed by atoms with van der Waals surface area (Å²) >= 11 is 3.16. The van der Waals surface area contributed by atoms with Crippen LogP contribution in [0.15, 0.2) is 46.9 Å². The van der Waals surface area contributed by atoms with Crippen molar-refractivity contribution < 1.29 is 13.6 Å². The van der Waals surface area contributed by atoms with Gasteiger partial charge in [-0.05, 0) is 35.9 Å². The molecule has 0 saturated carbocycles. The summed E-state index contributed by atoms with van der Waals surface area (Å²) in [7, 11) is 0. The molecule has 0 aliphatic heterocycles. The average Bonchev–Trinajstić information content (AvgIpc) is 2.46. The average molecular weight is 355 g/mol. The van der Waals surface area contributed by atoms with Crippen molar-refractivity contribution in [2.75, 3.05) is 11.9 Å². The Bertz CT molecular complexity index is 632. The van der Waals surface area contributed by atoms with E-state index in [1.807, 2.05) is 0 Å². The number of hydrogen-bond acceptors (Lipinski definition) is 2. The lowest BCUT2D eigenvalue weighted by atomic mass is 10.2. The fraction of sp³-hybridized carbons (Fsp3) is 0.133. The minimum absolute atomic E-state index is 0.0419. The van der Waals surface area contributed by atoms with Gasteiger partial charge in [0.15, 0.2) is 0 Å². The molecule has 2 aromatic rings. The summed E-state index contributed by atoms with van der Waals surface area (Å²) < 4.78 is 26.9. The molecule has 0 aromatic heterocycles. The molecule has 2 rings (SSSR count). The minimum Gasteiger partial charge on any atom is -0.374 e. The van der Waals surface area contributed by atoms with Crippen molar-refractivity contribution in [3.05, 3.63) is 64.1 Å². The molecule has 3 nitrogen and oxygen atoms in total. The molecule has 0 saturated heterocycles. The SMILES string of the molecule is O=C(CNc1ccc(Br)cc1F)NCc1ccc(F)cc1. The van der Waals surface area contributed by atoms with Crippen molar-refractivity contribution in [1.82, 2.24) is 5.32 Å². The number of rotatable bonds is 5. The quantitative estimate of drug-likeness (QED) is 0.863. The number of carbonyl (C=O) groups is 1.